The zero-order valence-corrected chi connectivity index (χ0v) is 17.0. The van der Waals surface area contributed by atoms with Crippen molar-refractivity contribution in [2.24, 2.45) is 28.3 Å². The highest BCUT2D eigenvalue weighted by molar-refractivity contribution is 6.19. The number of fused-ring (bicyclic) bond motifs is 1. The number of hydrazone groups is 1. The van der Waals surface area contributed by atoms with Gasteiger partial charge in [-0.2, -0.15) is 5.10 Å². The smallest absolute Gasteiger partial charge is 0.245 e. The Balaban J connectivity index is 1.93. The third kappa shape index (κ3) is 3.53. The average Bonchev–Trinajstić information content (AvgIpc) is 3.23. The van der Waals surface area contributed by atoms with Gasteiger partial charge in [0.15, 0.2) is 0 Å². The molecule has 7 nitrogen and oxygen atoms in total. The quantitative estimate of drug-likeness (QED) is 0.701. The molecule has 7 heteroatoms. The van der Waals surface area contributed by atoms with Crippen molar-refractivity contribution < 1.29 is 14.4 Å². The molecule has 3 atom stereocenters. The molecule has 1 aliphatic carbocycles. The molecule has 1 fully saturated rings. The zero-order valence-electron chi connectivity index (χ0n) is 17.0. The topological polar surface area (TPSA) is 99.7 Å². The van der Waals surface area contributed by atoms with Gasteiger partial charge in [0.25, 0.3) is 0 Å². The summed E-state index contributed by atoms with van der Waals surface area (Å²) in [5.74, 6) is -1.15. The molecular weight excluding hydrogens is 356 g/mol. The van der Waals surface area contributed by atoms with Gasteiger partial charge in [-0.25, -0.2) is 5.43 Å². The van der Waals surface area contributed by atoms with E-state index in [-0.39, 0.29) is 29.7 Å². The Morgan fingerprint density at radius 3 is 2.54 bits per heavy atom. The van der Waals surface area contributed by atoms with Crippen LogP contribution in [0.5, 0.6) is 0 Å². The van der Waals surface area contributed by atoms with Gasteiger partial charge in [0.2, 0.25) is 17.7 Å². The molecule has 150 valence electrons. The minimum Gasteiger partial charge on any atom is -0.354 e. The third-order valence-corrected chi connectivity index (χ3v) is 5.35. The predicted octanol–water partition coefficient (Wildman–Crippen LogP) is 2.28. The fourth-order valence-electron chi connectivity index (χ4n) is 4.05. The molecule has 3 amide bonds. The summed E-state index contributed by atoms with van der Waals surface area (Å²) in [7, 11) is 0. The molecule has 0 aromatic heterocycles. The second kappa shape index (κ2) is 7.37. The highest BCUT2D eigenvalue weighted by Gasteiger charge is 2.72. The molecule has 0 spiro atoms. The minimum atomic E-state index is -0.694. The van der Waals surface area contributed by atoms with Crippen LogP contribution in [-0.2, 0) is 14.4 Å². The first-order chi connectivity index (χ1) is 13.2. The Morgan fingerprint density at radius 2 is 1.89 bits per heavy atom. The van der Waals surface area contributed by atoms with Gasteiger partial charge >= 0.3 is 0 Å². The zero-order chi connectivity index (χ0) is 20.6. The number of carbonyl (C=O) groups excluding carboxylic acids is 3. The number of nitrogens with zero attached hydrogens (tertiary/aromatic N) is 1. The number of hydrogen-bond acceptors (Lipinski definition) is 4. The van der Waals surface area contributed by atoms with Crippen LogP contribution in [0.1, 0.15) is 46.6 Å². The molecule has 3 N–H and O–H groups in total. The molecule has 0 radical (unpaired) electrons. The number of para-hydroxylation sites is 1. The fraction of sp³-hybridized carbons (Fsp3) is 0.524. The van der Waals surface area contributed by atoms with Gasteiger partial charge in [-0.15, -0.1) is 0 Å². The first-order valence-electron chi connectivity index (χ1n) is 9.73. The first-order valence-corrected chi connectivity index (χ1v) is 9.73. The predicted molar refractivity (Wildman–Crippen MR) is 108 cm³/mol. The van der Waals surface area contributed by atoms with E-state index in [4.69, 9.17) is 0 Å². The van der Waals surface area contributed by atoms with Crippen LogP contribution >= 0.6 is 0 Å². The number of amides is 3. The van der Waals surface area contributed by atoms with Crippen LogP contribution in [0.15, 0.2) is 29.4 Å². The molecule has 28 heavy (non-hydrogen) atoms. The fourth-order valence-corrected chi connectivity index (χ4v) is 4.05. The van der Waals surface area contributed by atoms with Gasteiger partial charge in [-0.05, 0) is 25.8 Å². The molecule has 1 aromatic rings. The lowest BCUT2D eigenvalue weighted by atomic mass is 9.89. The van der Waals surface area contributed by atoms with Crippen molar-refractivity contribution in [3.8, 4) is 0 Å². The van der Waals surface area contributed by atoms with Crippen molar-refractivity contribution in [2.75, 3.05) is 5.32 Å². The number of carbonyl (C=O) groups is 3. The summed E-state index contributed by atoms with van der Waals surface area (Å²) >= 11 is 0. The third-order valence-electron chi connectivity index (χ3n) is 5.35. The summed E-state index contributed by atoms with van der Waals surface area (Å²) in [4.78, 5) is 37.3. The first kappa shape index (κ1) is 20.0. The lowest BCUT2D eigenvalue weighted by molar-refractivity contribution is -0.127. The highest BCUT2D eigenvalue weighted by atomic mass is 16.2. The van der Waals surface area contributed by atoms with Gasteiger partial charge in [-0.1, -0.05) is 39.0 Å². The maximum atomic E-state index is 12.7. The largest absolute Gasteiger partial charge is 0.354 e. The molecule has 0 bridgehead atoms. The van der Waals surface area contributed by atoms with E-state index in [0.717, 1.165) is 5.56 Å². The lowest BCUT2D eigenvalue weighted by Gasteiger charge is -2.22. The molecule has 0 saturated heterocycles. The van der Waals surface area contributed by atoms with Crippen LogP contribution in [-0.4, -0.2) is 29.5 Å². The Hall–Kier alpha value is -2.70. The normalized spacial score (nSPS) is 25.7. The van der Waals surface area contributed by atoms with Gasteiger partial charge < -0.3 is 10.6 Å². The summed E-state index contributed by atoms with van der Waals surface area (Å²) in [6.07, 6.45) is 0.414. The molecule has 0 unspecified atom stereocenters. The van der Waals surface area contributed by atoms with Crippen LogP contribution in [0.4, 0.5) is 5.69 Å². The Morgan fingerprint density at radius 1 is 1.21 bits per heavy atom. The van der Waals surface area contributed by atoms with Gasteiger partial charge in [0.1, 0.15) is 0 Å². The average molecular weight is 384 g/mol. The van der Waals surface area contributed by atoms with E-state index < -0.39 is 17.3 Å². The summed E-state index contributed by atoms with van der Waals surface area (Å²) in [6, 6.07) is 7.36. The van der Waals surface area contributed by atoms with Crippen molar-refractivity contribution in [1.29, 1.82) is 0 Å². The summed E-state index contributed by atoms with van der Waals surface area (Å²) in [5, 5.41) is 10.2. The lowest BCUT2D eigenvalue weighted by Crippen LogP contribution is -2.35. The number of anilines is 1. The number of nitrogens with one attached hydrogen (secondary N) is 3. The Labute approximate surface area is 165 Å². The SMILES string of the molecule is CC(C)CC(=O)Nc1ccccc1C1=NNC(=O)[C@H]2[C@@H](C(=O)NC(C)C)[C@@]12C. The molecule has 3 rings (SSSR count). The number of rotatable bonds is 6. The number of hydrogen-bond donors (Lipinski definition) is 3. The van der Waals surface area contributed by atoms with Crippen LogP contribution in [0.2, 0.25) is 0 Å². The van der Waals surface area contributed by atoms with Crippen molar-refractivity contribution in [1.82, 2.24) is 10.7 Å². The molecule has 2 aliphatic rings. The van der Waals surface area contributed by atoms with Crippen molar-refractivity contribution >= 4 is 29.1 Å². The number of benzene rings is 1. The molecule has 1 aliphatic heterocycles. The summed E-state index contributed by atoms with van der Waals surface area (Å²) in [6.45, 7) is 9.65. The molecule has 1 heterocycles. The van der Waals surface area contributed by atoms with Crippen LogP contribution in [0.25, 0.3) is 0 Å². The molecule has 1 saturated carbocycles. The van der Waals surface area contributed by atoms with E-state index >= 15 is 0 Å². The van der Waals surface area contributed by atoms with E-state index in [1.54, 1.807) is 0 Å². The second-order valence-corrected chi connectivity index (χ2v) is 8.53. The van der Waals surface area contributed by atoms with Crippen LogP contribution in [0.3, 0.4) is 0 Å². The van der Waals surface area contributed by atoms with Crippen LogP contribution in [0, 0.1) is 23.2 Å². The van der Waals surface area contributed by atoms with Crippen molar-refractivity contribution in [2.45, 2.75) is 47.1 Å². The van der Waals surface area contributed by atoms with E-state index in [1.807, 2.05) is 58.9 Å². The van der Waals surface area contributed by atoms with Gasteiger partial charge in [0, 0.05) is 29.1 Å². The van der Waals surface area contributed by atoms with E-state index in [9.17, 15) is 14.4 Å². The monoisotopic (exact) mass is 384 g/mol. The standard InChI is InChI=1S/C21H28N4O3/c1-11(2)10-15(26)23-14-9-7-6-8-13(14)18-21(5)16(19(27)22-12(3)4)17(21)20(28)25-24-18/h6-9,11-12,16-17H,10H2,1-5H3,(H,22,27)(H,23,26)(H,25,28)/t16-,17+,21+/m0/s1. The van der Waals surface area contributed by atoms with Crippen LogP contribution < -0.4 is 16.1 Å². The minimum absolute atomic E-state index is 0.00943. The van der Waals surface area contributed by atoms with E-state index in [0.29, 0.717) is 17.8 Å². The Kier molecular flexibility index (Phi) is 5.28. The van der Waals surface area contributed by atoms with Crippen molar-refractivity contribution in [3.05, 3.63) is 29.8 Å². The van der Waals surface area contributed by atoms with Crippen molar-refractivity contribution in [3.63, 3.8) is 0 Å². The maximum absolute atomic E-state index is 12.7. The van der Waals surface area contributed by atoms with Gasteiger partial charge in [-0.3, -0.25) is 14.4 Å². The summed E-state index contributed by atoms with van der Waals surface area (Å²) < 4.78 is 0. The Bertz CT molecular complexity index is 846. The maximum Gasteiger partial charge on any atom is 0.245 e. The van der Waals surface area contributed by atoms with Gasteiger partial charge in [0.05, 0.1) is 17.5 Å². The molecule has 1 aromatic carbocycles. The summed E-state index contributed by atoms with van der Waals surface area (Å²) in [5.41, 5.74) is 3.85. The second-order valence-electron chi connectivity index (χ2n) is 8.53. The van der Waals surface area contributed by atoms with E-state index in [2.05, 4.69) is 21.2 Å². The molecular formula is C21H28N4O3. The highest BCUT2D eigenvalue weighted by Crippen LogP contribution is 2.62. The van der Waals surface area contributed by atoms with E-state index in [1.165, 1.54) is 0 Å².